The molecule has 5 rings (SSSR count). The van der Waals surface area contributed by atoms with Gasteiger partial charge in [-0.05, 0) is 53.6 Å². The molecule has 2 aromatic carbocycles. The van der Waals surface area contributed by atoms with Crippen molar-refractivity contribution in [3.8, 4) is 5.75 Å². The molecule has 0 spiro atoms. The van der Waals surface area contributed by atoms with E-state index in [0.717, 1.165) is 44.9 Å². The van der Waals surface area contributed by atoms with Crippen molar-refractivity contribution in [2.75, 3.05) is 19.1 Å². The number of aromatic carboxylic acids is 1. The number of methoxy groups -OCH3 is 1. The summed E-state index contributed by atoms with van der Waals surface area (Å²) in [5, 5.41) is 15.3. The molecule has 0 unspecified atom stereocenters. The summed E-state index contributed by atoms with van der Waals surface area (Å²) in [6, 6.07) is 15.7. The minimum atomic E-state index is -0.936. The molecule has 0 fully saturated rings. The first-order valence-corrected chi connectivity index (χ1v) is 10.2. The number of carboxylic acids is 1. The van der Waals surface area contributed by atoms with Gasteiger partial charge in [0.05, 0.1) is 29.6 Å². The van der Waals surface area contributed by atoms with Crippen LogP contribution in [0.25, 0.3) is 22.6 Å². The normalized spacial score (nSPS) is 12.5. The first-order valence-electron chi connectivity index (χ1n) is 10.2. The SMILES string of the molecule is COc1cccc(N(C)c2ccc3c(C4=Cc5nccc(C(=O)O)c5C4)nn(C)c3c2)c1. The van der Waals surface area contributed by atoms with Gasteiger partial charge in [-0.1, -0.05) is 6.07 Å². The van der Waals surface area contributed by atoms with Crippen molar-refractivity contribution in [3.05, 3.63) is 77.2 Å². The largest absolute Gasteiger partial charge is 0.497 e. The average Bonchev–Trinajstić information content (AvgIpc) is 3.39. The number of ether oxygens (including phenoxy) is 1. The van der Waals surface area contributed by atoms with Gasteiger partial charge in [0, 0.05) is 49.5 Å². The molecule has 1 aliphatic rings. The first-order chi connectivity index (χ1) is 15.5. The van der Waals surface area contributed by atoms with Crippen molar-refractivity contribution in [2.45, 2.75) is 6.42 Å². The number of rotatable bonds is 5. The van der Waals surface area contributed by atoms with E-state index in [-0.39, 0.29) is 0 Å². The molecule has 0 saturated carbocycles. The van der Waals surface area contributed by atoms with Crippen molar-refractivity contribution in [1.29, 1.82) is 0 Å². The summed E-state index contributed by atoms with van der Waals surface area (Å²) in [4.78, 5) is 18.1. The zero-order valence-electron chi connectivity index (χ0n) is 18.0. The molecule has 0 atom stereocenters. The summed E-state index contributed by atoms with van der Waals surface area (Å²) in [7, 11) is 5.60. The van der Waals surface area contributed by atoms with Gasteiger partial charge in [0.2, 0.25) is 0 Å². The van der Waals surface area contributed by atoms with Crippen LogP contribution in [0.1, 0.15) is 27.3 Å². The number of carbonyl (C=O) groups is 1. The molecular formula is C25H22N4O3. The lowest BCUT2D eigenvalue weighted by atomic mass is 10.0. The van der Waals surface area contributed by atoms with Crippen molar-refractivity contribution in [3.63, 3.8) is 0 Å². The number of hydrogen-bond donors (Lipinski definition) is 1. The zero-order valence-corrected chi connectivity index (χ0v) is 18.0. The first kappa shape index (κ1) is 19.8. The fourth-order valence-electron chi connectivity index (χ4n) is 4.24. The second-order valence-corrected chi connectivity index (χ2v) is 7.81. The highest BCUT2D eigenvalue weighted by Crippen LogP contribution is 2.37. The lowest BCUT2D eigenvalue weighted by Crippen LogP contribution is -2.09. The number of nitrogens with zero attached hydrogens (tertiary/aromatic N) is 4. The smallest absolute Gasteiger partial charge is 0.336 e. The van der Waals surface area contributed by atoms with E-state index in [1.54, 1.807) is 19.4 Å². The molecule has 0 saturated heterocycles. The van der Waals surface area contributed by atoms with Crippen LogP contribution in [0.2, 0.25) is 0 Å². The molecule has 0 amide bonds. The Balaban J connectivity index is 1.52. The van der Waals surface area contributed by atoms with Gasteiger partial charge >= 0.3 is 5.97 Å². The molecule has 0 bridgehead atoms. The second kappa shape index (κ2) is 7.53. The van der Waals surface area contributed by atoms with E-state index in [2.05, 4.69) is 28.1 Å². The minimum absolute atomic E-state index is 0.295. The summed E-state index contributed by atoms with van der Waals surface area (Å²) >= 11 is 0. The lowest BCUT2D eigenvalue weighted by Gasteiger charge is -2.20. The van der Waals surface area contributed by atoms with Crippen molar-refractivity contribution >= 4 is 39.9 Å². The summed E-state index contributed by atoms with van der Waals surface area (Å²) in [5.41, 5.74) is 6.61. The molecule has 0 aliphatic heterocycles. The molecule has 160 valence electrons. The summed E-state index contributed by atoms with van der Waals surface area (Å²) in [6.07, 6.45) is 3.99. The quantitative estimate of drug-likeness (QED) is 0.505. The molecular weight excluding hydrogens is 404 g/mol. The minimum Gasteiger partial charge on any atom is -0.497 e. The van der Waals surface area contributed by atoms with Crippen LogP contribution in [0.15, 0.2) is 54.7 Å². The molecule has 4 aromatic rings. The fourth-order valence-corrected chi connectivity index (χ4v) is 4.24. The number of aromatic nitrogens is 3. The van der Waals surface area contributed by atoms with Gasteiger partial charge in [-0.2, -0.15) is 5.10 Å². The van der Waals surface area contributed by atoms with Crippen molar-refractivity contribution in [2.24, 2.45) is 7.05 Å². The Morgan fingerprint density at radius 3 is 2.75 bits per heavy atom. The third kappa shape index (κ3) is 3.19. The lowest BCUT2D eigenvalue weighted by molar-refractivity contribution is 0.0695. The average molecular weight is 426 g/mol. The summed E-state index contributed by atoms with van der Waals surface area (Å²) in [6.45, 7) is 0. The molecule has 32 heavy (non-hydrogen) atoms. The predicted octanol–water partition coefficient (Wildman–Crippen LogP) is 4.54. The number of pyridine rings is 1. The number of carboxylic acid groups (broad SMARTS) is 1. The number of allylic oxidation sites excluding steroid dienone is 1. The van der Waals surface area contributed by atoms with E-state index in [4.69, 9.17) is 9.84 Å². The molecule has 1 N–H and O–H groups in total. The highest BCUT2D eigenvalue weighted by molar-refractivity contribution is 6.01. The van der Waals surface area contributed by atoms with Crippen LogP contribution in [-0.2, 0) is 13.5 Å². The zero-order chi connectivity index (χ0) is 22.4. The van der Waals surface area contributed by atoms with E-state index in [0.29, 0.717) is 17.7 Å². The third-order valence-electron chi connectivity index (χ3n) is 5.96. The van der Waals surface area contributed by atoms with E-state index < -0.39 is 5.97 Å². The molecule has 7 nitrogen and oxygen atoms in total. The number of benzene rings is 2. The van der Waals surface area contributed by atoms with Crippen molar-refractivity contribution < 1.29 is 14.6 Å². The van der Waals surface area contributed by atoms with Gasteiger partial charge < -0.3 is 14.7 Å². The van der Waals surface area contributed by atoms with Gasteiger partial charge in [0.15, 0.2) is 0 Å². The Hall–Kier alpha value is -4.13. The maximum atomic E-state index is 11.6. The Bertz CT molecular complexity index is 1400. The van der Waals surface area contributed by atoms with Gasteiger partial charge in [0.25, 0.3) is 0 Å². The summed E-state index contributed by atoms with van der Waals surface area (Å²) in [5.74, 6) is -0.130. The number of hydrogen-bond acceptors (Lipinski definition) is 5. The predicted molar refractivity (Wildman–Crippen MR) is 125 cm³/mol. The monoisotopic (exact) mass is 426 g/mol. The molecule has 0 radical (unpaired) electrons. The highest BCUT2D eigenvalue weighted by atomic mass is 16.5. The Kier molecular flexibility index (Phi) is 4.66. The van der Waals surface area contributed by atoms with Crippen LogP contribution < -0.4 is 9.64 Å². The van der Waals surface area contributed by atoms with Gasteiger partial charge in [-0.25, -0.2) is 4.79 Å². The van der Waals surface area contributed by atoms with E-state index >= 15 is 0 Å². The van der Waals surface area contributed by atoms with Gasteiger partial charge in [-0.15, -0.1) is 0 Å². The maximum Gasteiger partial charge on any atom is 0.336 e. The second-order valence-electron chi connectivity index (χ2n) is 7.81. The number of fused-ring (bicyclic) bond motifs is 2. The third-order valence-corrected chi connectivity index (χ3v) is 5.96. The standard InChI is InChI=1S/C25H22N4O3/c1-28(16-5-4-6-18(13-16)32-3)17-7-8-20-23(14-17)29(2)27-24(20)15-11-21-19(25(30)31)9-10-26-22(21)12-15/h4-10,12-14H,11H2,1-3H3,(H,30,31). The fraction of sp³-hybridized carbons (Fsp3) is 0.160. The topological polar surface area (TPSA) is 80.5 Å². The van der Waals surface area contributed by atoms with Gasteiger partial charge in [-0.3, -0.25) is 9.67 Å². The van der Waals surface area contributed by atoms with Crippen LogP contribution in [0.3, 0.4) is 0 Å². The maximum absolute atomic E-state index is 11.6. The molecule has 2 aromatic heterocycles. The molecule has 7 heteroatoms. The van der Waals surface area contributed by atoms with Crippen LogP contribution in [0.4, 0.5) is 11.4 Å². The number of aryl methyl sites for hydroxylation is 1. The molecule has 2 heterocycles. The number of anilines is 2. The van der Waals surface area contributed by atoms with E-state index in [9.17, 15) is 9.90 Å². The Morgan fingerprint density at radius 2 is 1.97 bits per heavy atom. The molecule has 1 aliphatic carbocycles. The Labute approximate surface area is 185 Å². The highest BCUT2D eigenvalue weighted by Gasteiger charge is 2.24. The van der Waals surface area contributed by atoms with E-state index in [1.165, 1.54) is 0 Å². The van der Waals surface area contributed by atoms with Crippen LogP contribution >= 0.6 is 0 Å². The van der Waals surface area contributed by atoms with Crippen molar-refractivity contribution in [1.82, 2.24) is 14.8 Å². The van der Waals surface area contributed by atoms with Crippen LogP contribution in [0.5, 0.6) is 5.75 Å². The van der Waals surface area contributed by atoms with Crippen LogP contribution in [-0.4, -0.2) is 40.0 Å². The van der Waals surface area contributed by atoms with Gasteiger partial charge in [0.1, 0.15) is 5.75 Å². The summed E-state index contributed by atoms with van der Waals surface area (Å²) < 4.78 is 7.22. The van der Waals surface area contributed by atoms with E-state index in [1.807, 2.05) is 49.1 Å². The van der Waals surface area contributed by atoms with Crippen LogP contribution in [0, 0.1) is 0 Å². The Morgan fingerprint density at radius 1 is 1.16 bits per heavy atom.